The Morgan fingerprint density at radius 1 is 1.12 bits per heavy atom. The minimum Gasteiger partial charge on any atom is -0.392 e. The van der Waals surface area contributed by atoms with Crippen molar-refractivity contribution in [2.75, 3.05) is 0 Å². The van der Waals surface area contributed by atoms with Crippen molar-refractivity contribution in [1.29, 1.82) is 0 Å². The lowest BCUT2D eigenvalue weighted by Gasteiger charge is -2.24. The molecule has 2 nitrogen and oxygen atoms in total. The molecule has 0 aliphatic carbocycles. The van der Waals surface area contributed by atoms with Gasteiger partial charge >= 0.3 is 0 Å². The molecule has 0 radical (unpaired) electrons. The van der Waals surface area contributed by atoms with E-state index in [-0.39, 0.29) is 5.92 Å². The van der Waals surface area contributed by atoms with Crippen LogP contribution in [0.25, 0.3) is 0 Å². The lowest BCUT2D eigenvalue weighted by molar-refractivity contribution is 0.114. The zero-order valence-corrected chi connectivity index (χ0v) is 16.6. The molecule has 136 valence electrons. The first kappa shape index (κ1) is 21.1. The molecular formula is C21H34O2S. The van der Waals surface area contributed by atoms with Gasteiger partial charge in [0.05, 0.1) is 16.9 Å². The van der Waals surface area contributed by atoms with Crippen LogP contribution in [0.3, 0.4) is 0 Å². The van der Waals surface area contributed by atoms with Gasteiger partial charge in [-0.3, -0.25) is 0 Å². The summed E-state index contributed by atoms with van der Waals surface area (Å²) in [4.78, 5) is 1.75. The van der Waals surface area contributed by atoms with Gasteiger partial charge < -0.3 is 5.11 Å². The molecule has 0 saturated heterocycles. The second-order valence-corrected chi connectivity index (χ2v) is 8.04. The van der Waals surface area contributed by atoms with Gasteiger partial charge in [-0.2, -0.15) is 0 Å². The summed E-state index contributed by atoms with van der Waals surface area (Å²) < 4.78 is 13.2. The van der Waals surface area contributed by atoms with Crippen LogP contribution in [0.2, 0.25) is 0 Å². The highest BCUT2D eigenvalue weighted by atomic mass is 32.2. The van der Waals surface area contributed by atoms with Crippen molar-refractivity contribution in [3.63, 3.8) is 0 Å². The number of benzene rings is 1. The molecule has 0 heterocycles. The van der Waals surface area contributed by atoms with E-state index in [4.69, 9.17) is 0 Å². The maximum atomic E-state index is 13.2. The normalized spacial score (nSPS) is 16.0. The number of aliphatic hydroxyl groups excluding tert-OH is 1. The molecule has 1 aromatic rings. The highest BCUT2D eigenvalue weighted by molar-refractivity contribution is 7.89. The zero-order chi connectivity index (χ0) is 17.9. The molecule has 3 heteroatoms. The van der Waals surface area contributed by atoms with Gasteiger partial charge in [0.15, 0.2) is 0 Å². The standard InChI is InChI=1S/C21H34O2S/c1-5-8-10-12-21(19(7-3)20(22)11-9-6-2)24(23)18-15-13-17(4)14-16-18/h12-16,19-20,22H,5-11H2,1-4H3/b21-12+/t19-,20-,24+/m1/s1. The Hall–Kier alpha value is -0.930. The minimum atomic E-state index is -1.19. The van der Waals surface area contributed by atoms with Crippen molar-refractivity contribution in [1.82, 2.24) is 0 Å². The second kappa shape index (κ2) is 11.6. The van der Waals surface area contributed by atoms with Crippen molar-refractivity contribution in [3.05, 3.63) is 40.8 Å². The Morgan fingerprint density at radius 3 is 2.29 bits per heavy atom. The third-order valence-corrected chi connectivity index (χ3v) is 6.07. The summed E-state index contributed by atoms with van der Waals surface area (Å²) in [6.45, 7) is 8.42. The minimum absolute atomic E-state index is 0.0180. The van der Waals surface area contributed by atoms with E-state index in [1.807, 2.05) is 31.2 Å². The first-order chi connectivity index (χ1) is 11.5. The van der Waals surface area contributed by atoms with Crippen LogP contribution >= 0.6 is 0 Å². The maximum absolute atomic E-state index is 13.2. The van der Waals surface area contributed by atoms with E-state index >= 15 is 0 Å². The predicted molar refractivity (Wildman–Crippen MR) is 105 cm³/mol. The summed E-state index contributed by atoms with van der Waals surface area (Å²) in [6, 6.07) is 7.91. The van der Waals surface area contributed by atoms with E-state index in [0.717, 1.165) is 54.7 Å². The van der Waals surface area contributed by atoms with Crippen molar-refractivity contribution in [2.24, 2.45) is 5.92 Å². The Balaban J connectivity index is 3.06. The van der Waals surface area contributed by atoms with Crippen molar-refractivity contribution >= 4 is 10.8 Å². The number of aliphatic hydroxyl groups is 1. The Morgan fingerprint density at radius 2 is 1.75 bits per heavy atom. The fourth-order valence-corrected chi connectivity index (χ4v) is 4.41. The van der Waals surface area contributed by atoms with Crippen LogP contribution in [0.5, 0.6) is 0 Å². The molecule has 0 aliphatic heterocycles. The summed E-state index contributed by atoms with van der Waals surface area (Å²) in [5.74, 6) is -0.0180. The third-order valence-electron chi connectivity index (χ3n) is 4.48. The molecule has 0 unspecified atom stereocenters. The fraction of sp³-hybridized carbons (Fsp3) is 0.619. The average Bonchev–Trinajstić information content (AvgIpc) is 2.59. The summed E-state index contributed by atoms with van der Waals surface area (Å²) in [7, 11) is -1.19. The van der Waals surface area contributed by atoms with Crippen LogP contribution < -0.4 is 0 Å². The number of unbranched alkanes of at least 4 members (excludes halogenated alkanes) is 3. The number of hydrogen-bond acceptors (Lipinski definition) is 2. The summed E-state index contributed by atoms with van der Waals surface area (Å²) >= 11 is 0. The molecule has 0 amide bonds. The van der Waals surface area contributed by atoms with Crippen molar-refractivity contribution in [2.45, 2.75) is 83.6 Å². The van der Waals surface area contributed by atoms with Crippen LogP contribution in [-0.4, -0.2) is 15.4 Å². The number of allylic oxidation sites excluding steroid dienone is 1. The quantitative estimate of drug-likeness (QED) is 0.516. The van der Waals surface area contributed by atoms with E-state index in [1.165, 1.54) is 5.56 Å². The van der Waals surface area contributed by atoms with Crippen LogP contribution in [0.1, 0.15) is 71.3 Å². The molecule has 1 N–H and O–H groups in total. The summed E-state index contributed by atoms with van der Waals surface area (Å²) in [5, 5.41) is 10.6. The van der Waals surface area contributed by atoms with Crippen LogP contribution in [0.15, 0.2) is 40.1 Å². The molecular weight excluding hydrogens is 316 g/mol. The largest absolute Gasteiger partial charge is 0.392 e. The lowest BCUT2D eigenvalue weighted by atomic mass is 9.94. The molecule has 0 aromatic heterocycles. The zero-order valence-electron chi connectivity index (χ0n) is 15.8. The Bertz CT molecular complexity index is 519. The topological polar surface area (TPSA) is 37.3 Å². The van der Waals surface area contributed by atoms with Crippen molar-refractivity contribution < 1.29 is 9.32 Å². The molecule has 1 aromatic carbocycles. The highest BCUT2D eigenvalue weighted by Gasteiger charge is 2.25. The molecule has 1 rings (SSSR count). The van der Waals surface area contributed by atoms with E-state index < -0.39 is 16.9 Å². The van der Waals surface area contributed by atoms with Crippen LogP contribution in [0, 0.1) is 12.8 Å². The molecule has 0 fully saturated rings. The fourth-order valence-electron chi connectivity index (χ4n) is 2.89. The highest BCUT2D eigenvalue weighted by Crippen LogP contribution is 2.29. The summed E-state index contributed by atoms with van der Waals surface area (Å²) in [6.07, 6.45) is 8.55. The van der Waals surface area contributed by atoms with Gasteiger partial charge in [-0.05, 0) is 38.3 Å². The van der Waals surface area contributed by atoms with Gasteiger partial charge in [-0.25, -0.2) is 4.21 Å². The number of hydrogen-bond donors (Lipinski definition) is 1. The molecule has 0 bridgehead atoms. The maximum Gasteiger partial charge on any atom is 0.0808 e. The molecule has 0 aliphatic rings. The van der Waals surface area contributed by atoms with E-state index in [2.05, 4.69) is 26.8 Å². The third kappa shape index (κ3) is 6.52. The van der Waals surface area contributed by atoms with Crippen LogP contribution in [-0.2, 0) is 10.8 Å². The number of aryl methyl sites for hydroxylation is 1. The Labute approximate surface area is 150 Å². The lowest BCUT2D eigenvalue weighted by Crippen LogP contribution is -2.24. The first-order valence-corrected chi connectivity index (χ1v) is 10.6. The van der Waals surface area contributed by atoms with Crippen molar-refractivity contribution in [3.8, 4) is 0 Å². The van der Waals surface area contributed by atoms with E-state index in [9.17, 15) is 9.32 Å². The van der Waals surface area contributed by atoms with E-state index in [1.54, 1.807) is 0 Å². The average molecular weight is 351 g/mol. The number of rotatable bonds is 11. The molecule has 24 heavy (non-hydrogen) atoms. The van der Waals surface area contributed by atoms with Gasteiger partial charge in [0.1, 0.15) is 0 Å². The first-order valence-electron chi connectivity index (χ1n) is 9.41. The molecule has 3 atom stereocenters. The SMILES string of the molecule is CCCC/C=C(\[C@H](CC)[C@H](O)CCCC)[S@@](=O)c1ccc(C)cc1. The van der Waals surface area contributed by atoms with E-state index in [0.29, 0.717) is 0 Å². The second-order valence-electron chi connectivity index (χ2n) is 6.55. The smallest absolute Gasteiger partial charge is 0.0808 e. The van der Waals surface area contributed by atoms with Gasteiger partial charge in [0.25, 0.3) is 0 Å². The van der Waals surface area contributed by atoms with Gasteiger partial charge in [0.2, 0.25) is 0 Å². The monoisotopic (exact) mass is 350 g/mol. The summed E-state index contributed by atoms with van der Waals surface area (Å²) in [5.41, 5.74) is 1.17. The van der Waals surface area contributed by atoms with Gasteiger partial charge in [-0.15, -0.1) is 0 Å². The predicted octanol–water partition coefficient (Wildman–Crippen LogP) is 5.75. The molecule has 0 spiro atoms. The van der Waals surface area contributed by atoms with Gasteiger partial charge in [-0.1, -0.05) is 70.2 Å². The molecule has 0 saturated carbocycles. The Kier molecular flexibility index (Phi) is 10.2. The van der Waals surface area contributed by atoms with Gasteiger partial charge in [0, 0.05) is 15.7 Å². The van der Waals surface area contributed by atoms with Crippen LogP contribution in [0.4, 0.5) is 0 Å².